The fraction of sp³-hybridized carbons (Fsp3) is 0.360. The number of hydrogen-bond donors (Lipinski definition) is 3. The number of nitrogens with zero attached hydrogens (tertiary/aromatic N) is 1. The van der Waals surface area contributed by atoms with Gasteiger partial charge in [0.05, 0.1) is 26.3 Å². The molecule has 0 bridgehead atoms. The van der Waals surface area contributed by atoms with Crippen molar-refractivity contribution in [2.45, 2.75) is 19.4 Å². The number of H-pyrrole nitrogens is 1. The molecule has 0 aliphatic carbocycles. The second-order valence-corrected chi connectivity index (χ2v) is 8.47. The van der Waals surface area contributed by atoms with Gasteiger partial charge in [0.2, 0.25) is 6.79 Å². The summed E-state index contributed by atoms with van der Waals surface area (Å²) in [4.78, 5) is 17.6. The maximum atomic E-state index is 12.8. The molecule has 0 radical (unpaired) electrons. The largest absolute Gasteiger partial charge is 0.493 e. The van der Waals surface area contributed by atoms with Crippen LogP contribution in [0.2, 0.25) is 0 Å². The Kier molecular flexibility index (Phi) is 7.94. The van der Waals surface area contributed by atoms with E-state index in [0.29, 0.717) is 65.2 Å². The third-order valence-electron chi connectivity index (χ3n) is 5.79. The number of thiocarbonyl (C=S) groups is 1. The Balaban J connectivity index is 1.44. The van der Waals surface area contributed by atoms with Crippen LogP contribution < -0.4 is 29.8 Å². The van der Waals surface area contributed by atoms with Crippen molar-refractivity contribution in [1.29, 1.82) is 0 Å². The zero-order chi connectivity index (χ0) is 24.8. The zero-order valence-corrected chi connectivity index (χ0v) is 20.6. The summed E-state index contributed by atoms with van der Waals surface area (Å²) in [6.07, 6.45) is 1.25. The Labute approximate surface area is 208 Å². The predicted molar refractivity (Wildman–Crippen MR) is 137 cm³/mol. The highest BCUT2D eigenvalue weighted by atomic mass is 32.1. The van der Waals surface area contributed by atoms with Crippen LogP contribution in [0.15, 0.2) is 41.2 Å². The minimum Gasteiger partial charge on any atom is -0.493 e. The van der Waals surface area contributed by atoms with Gasteiger partial charge in [-0.05, 0) is 54.9 Å². The molecule has 9 nitrogen and oxygen atoms in total. The Morgan fingerprint density at radius 1 is 1.14 bits per heavy atom. The van der Waals surface area contributed by atoms with Crippen molar-refractivity contribution in [3.8, 4) is 23.0 Å². The Bertz CT molecular complexity index is 1260. The van der Waals surface area contributed by atoms with E-state index < -0.39 is 0 Å². The number of aromatic amines is 1. The van der Waals surface area contributed by atoms with Gasteiger partial charge in [-0.1, -0.05) is 6.07 Å². The van der Waals surface area contributed by atoms with Crippen molar-refractivity contribution in [2.75, 3.05) is 40.7 Å². The average Bonchev–Trinajstić information content (AvgIpc) is 3.32. The smallest absolute Gasteiger partial charge is 0.253 e. The molecule has 0 saturated heterocycles. The number of methoxy groups -OCH3 is 2. The van der Waals surface area contributed by atoms with Crippen molar-refractivity contribution < 1.29 is 24.1 Å². The quantitative estimate of drug-likeness (QED) is 0.363. The molecular weight excluding hydrogens is 470 g/mol. The van der Waals surface area contributed by atoms with Crippen LogP contribution in [0.25, 0.3) is 10.9 Å². The summed E-state index contributed by atoms with van der Waals surface area (Å²) in [5.74, 6) is 2.63. The lowest BCUT2D eigenvalue weighted by Crippen LogP contribution is -2.41. The molecule has 0 saturated carbocycles. The number of aliphatic hydroxyl groups is 1. The van der Waals surface area contributed by atoms with E-state index in [-0.39, 0.29) is 19.0 Å². The first-order chi connectivity index (χ1) is 17.0. The maximum absolute atomic E-state index is 12.8. The molecule has 0 atom stereocenters. The number of aliphatic hydroxyl groups excluding tert-OH is 1. The van der Waals surface area contributed by atoms with E-state index in [9.17, 15) is 9.90 Å². The van der Waals surface area contributed by atoms with Gasteiger partial charge in [-0.2, -0.15) is 0 Å². The van der Waals surface area contributed by atoms with Crippen LogP contribution in [0, 0.1) is 0 Å². The summed E-state index contributed by atoms with van der Waals surface area (Å²) in [6, 6.07) is 11.3. The highest BCUT2D eigenvalue weighted by Gasteiger charge is 2.17. The molecule has 10 heteroatoms. The van der Waals surface area contributed by atoms with Crippen LogP contribution in [0.5, 0.6) is 23.0 Å². The molecule has 0 unspecified atom stereocenters. The lowest BCUT2D eigenvalue weighted by Gasteiger charge is -2.25. The van der Waals surface area contributed by atoms with Crippen LogP contribution in [-0.4, -0.2) is 60.8 Å². The van der Waals surface area contributed by atoms with Gasteiger partial charge in [0, 0.05) is 36.7 Å². The number of nitrogens with one attached hydrogen (secondary N) is 2. The summed E-state index contributed by atoms with van der Waals surface area (Å²) >= 11 is 5.64. The first-order valence-corrected chi connectivity index (χ1v) is 11.7. The number of fused-ring (bicyclic) bond motifs is 2. The van der Waals surface area contributed by atoms with E-state index in [2.05, 4.69) is 10.3 Å². The fourth-order valence-corrected chi connectivity index (χ4v) is 4.20. The minimum atomic E-state index is -0.196. The van der Waals surface area contributed by atoms with Crippen LogP contribution in [-0.2, 0) is 13.0 Å². The summed E-state index contributed by atoms with van der Waals surface area (Å²) in [5.41, 5.74) is 2.13. The fourth-order valence-electron chi connectivity index (χ4n) is 3.94. The van der Waals surface area contributed by atoms with E-state index in [4.69, 9.17) is 31.2 Å². The molecule has 186 valence electrons. The SMILES string of the molecule is COc1ccc(CCNC(=S)N(CCCO)Cc2cc3cc4c(cc3[nH]c2=O)OCO4)cc1OC. The normalized spacial score (nSPS) is 12.0. The molecule has 0 amide bonds. The standard InChI is InChI=1S/C25H29N3O6S/c1-31-20-5-4-16(10-21(20)32-2)6-7-26-25(35)28(8-3-9-29)14-18-11-17-12-22-23(34-15-33-22)13-19(17)27-24(18)30/h4-5,10-13,29H,3,6-9,14-15H2,1-2H3,(H,26,35)(H,27,30). The van der Waals surface area contributed by atoms with E-state index in [0.717, 1.165) is 17.4 Å². The molecule has 2 aromatic carbocycles. The molecule has 1 aliphatic heterocycles. The maximum Gasteiger partial charge on any atom is 0.253 e. The van der Waals surface area contributed by atoms with Crippen molar-refractivity contribution in [3.63, 3.8) is 0 Å². The van der Waals surface area contributed by atoms with E-state index >= 15 is 0 Å². The van der Waals surface area contributed by atoms with Gasteiger partial charge in [-0.15, -0.1) is 0 Å². The lowest BCUT2D eigenvalue weighted by atomic mass is 10.1. The molecular formula is C25H29N3O6S. The molecule has 0 spiro atoms. The molecule has 35 heavy (non-hydrogen) atoms. The van der Waals surface area contributed by atoms with Gasteiger partial charge < -0.3 is 39.3 Å². The number of pyridine rings is 1. The zero-order valence-electron chi connectivity index (χ0n) is 19.8. The van der Waals surface area contributed by atoms with Crippen molar-refractivity contribution >= 4 is 28.2 Å². The van der Waals surface area contributed by atoms with Gasteiger partial charge in [-0.3, -0.25) is 4.79 Å². The van der Waals surface area contributed by atoms with Gasteiger partial charge in [0.1, 0.15) is 0 Å². The summed E-state index contributed by atoms with van der Waals surface area (Å²) in [5, 5.41) is 14.0. The highest BCUT2D eigenvalue weighted by Crippen LogP contribution is 2.35. The third kappa shape index (κ3) is 5.77. The third-order valence-corrected chi connectivity index (χ3v) is 6.19. The summed E-state index contributed by atoms with van der Waals surface area (Å²) < 4.78 is 21.5. The molecule has 3 N–H and O–H groups in total. The van der Waals surface area contributed by atoms with E-state index in [1.165, 1.54) is 0 Å². The van der Waals surface area contributed by atoms with Crippen molar-refractivity contribution in [1.82, 2.24) is 15.2 Å². The summed E-state index contributed by atoms with van der Waals surface area (Å²) in [7, 11) is 3.21. The monoisotopic (exact) mass is 499 g/mol. The molecule has 4 rings (SSSR count). The van der Waals surface area contributed by atoms with Gasteiger partial charge in [0.25, 0.3) is 5.56 Å². The van der Waals surface area contributed by atoms with Crippen LogP contribution in [0.3, 0.4) is 0 Å². The second kappa shape index (κ2) is 11.3. The van der Waals surface area contributed by atoms with Crippen LogP contribution in [0.4, 0.5) is 0 Å². The number of hydrogen-bond acceptors (Lipinski definition) is 7. The minimum absolute atomic E-state index is 0.0301. The number of benzene rings is 2. The van der Waals surface area contributed by atoms with Gasteiger partial charge >= 0.3 is 0 Å². The lowest BCUT2D eigenvalue weighted by molar-refractivity contribution is 0.174. The topological polar surface area (TPSA) is 105 Å². The molecule has 2 heterocycles. The van der Waals surface area contributed by atoms with E-state index in [1.807, 2.05) is 35.2 Å². The van der Waals surface area contributed by atoms with Crippen molar-refractivity contribution in [2.24, 2.45) is 0 Å². The van der Waals surface area contributed by atoms with Gasteiger partial charge in [-0.25, -0.2) is 0 Å². The summed E-state index contributed by atoms with van der Waals surface area (Å²) in [6.45, 7) is 1.62. The Hall–Kier alpha value is -3.50. The second-order valence-electron chi connectivity index (χ2n) is 8.09. The first kappa shape index (κ1) is 24.6. The van der Waals surface area contributed by atoms with Crippen molar-refractivity contribution in [3.05, 3.63) is 57.9 Å². The number of rotatable bonds is 10. The Morgan fingerprint density at radius 2 is 1.91 bits per heavy atom. The molecule has 1 aliphatic rings. The highest BCUT2D eigenvalue weighted by molar-refractivity contribution is 7.80. The number of aromatic nitrogens is 1. The van der Waals surface area contributed by atoms with E-state index in [1.54, 1.807) is 20.3 Å². The van der Waals surface area contributed by atoms with Gasteiger partial charge in [0.15, 0.2) is 28.1 Å². The predicted octanol–water partition coefficient (Wildman–Crippen LogP) is 2.58. The van der Waals surface area contributed by atoms with Crippen LogP contribution in [0.1, 0.15) is 17.5 Å². The molecule has 0 fully saturated rings. The average molecular weight is 500 g/mol. The first-order valence-electron chi connectivity index (χ1n) is 11.3. The Morgan fingerprint density at radius 3 is 2.66 bits per heavy atom. The van der Waals surface area contributed by atoms with Crippen LogP contribution >= 0.6 is 12.2 Å². The molecule has 1 aromatic heterocycles. The number of ether oxygens (including phenoxy) is 4. The molecule has 3 aromatic rings.